The number of nitrogens with one attached hydrogen (secondary N) is 3. The molecule has 0 radical (unpaired) electrons. The summed E-state index contributed by atoms with van der Waals surface area (Å²) in [5.74, 6) is 0.250. The molecule has 0 saturated carbocycles. The fourth-order valence-corrected chi connectivity index (χ4v) is 3.48. The van der Waals surface area contributed by atoms with Crippen LogP contribution in [-0.4, -0.2) is 65.4 Å². The summed E-state index contributed by atoms with van der Waals surface area (Å²) in [6, 6.07) is 11.2. The van der Waals surface area contributed by atoms with Crippen molar-refractivity contribution in [3.63, 3.8) is 0 Å². The van der Waals surface area contributed by atoms with Crippen LogP contribution >= 0.6 is 0 Å². The number of furan rings is 1. The number of aromatic nitrogens is 1. The van der Waals surface area contributed by atoms with Gasteiger partial charge >= 0.3 is 6.09 Å². The summed E-state index contributed by atoms with van der Waals surface area (Å²) in [6.07, 6.45) is 0.0222. The van der Waals surface area contributed by atoms with E-state index in [-0.39, 0.29) is 17.9 Å². The minimum Gasteiger partial charge on any atom is -0.446 e. The van der Waals surface area contributed by atoms with E-state index in [1.165, 1.54) is 17.2 Å². The molecule has 2 aromatic heterocycles. The number of hydrogen-bond donors (Lipinski definition) is 5. The quantitative estimate of drug-likeness (QED) is 0.155. The predicted molar refractivity (Wildman–Crippen MR) is 132 cm³/mol. The van der Waals surface area contributed by atoms with Crippen molar-refractivity contribution in [1.29, 1.82) is 0 Å². The molecule has 1 aliphatic heterocycles. The molecule has 1 fully saturated rings. The predicted octanol–water partition coefficient (Wildman–Crippen LogP) is 1.86. The number of ether oxygens (including phenoxy) is 1. The first kappa shape index (κ1) is 25.6. The summed E-state index contributed by atoms with van der Waals surface area (Å²) in [5.41, 5.74) is 5.63. The Kier molecular flexibility index (Phi) is 7.95. The molecule has 13 heteroatoms. The van der Waals surface area contributed by atoms with Crippen LogP contribution in [0.3, 0.4) is 0 Å². The van der Waals surface area contributed by atoms with Crippen LogP contribution in [0.1, 0.15) is 5.76 Å². The van der Waals surface area contributed by atoms with Crippen molar-refractivity contribution >= 4 is 35.7 Å². The average Bonchev–Trinajstić information content (AvgIpc) is 3.49. The smallest absolute Gasteiger partial charge is 0.414 e. The molecule has 3 aromatic rings. The number of aliphatic hydroxyl groups is 2. The zero-order valence-electron chi connectivity index (χ0n) is 19.7. The number of anilines is 2. The van der Waals surface area contributed by atoms with Gasteiger partial charge in [-0.1, -0.05) is 0 Å². The number of carbonyl (C=O) groups is 2. The van der Waals surface area contributed by atoms with Gasteiger partial charge in [0.25, 0.3) is 5.91 Å². The maximum absolute atomic E-state index is 15.0. The molecule has 4 rings (SSSR count). The van der Waals surface area contributed by atoms with Gasteiger partial charge in [0.1, 0.15) is 24.0 Å². The summed E-state index contributed by atoms with van der Waals surface area (Å²) in [6.45, 7) is 1.72. The Bertz CT molecular complexity index is 1280. The number of nitrogens with zero attached hydrogens (tertiary/aromatic N) is 3. The highest BCUT2D eigenvalue weighted by Crippen LogP contribution is 2.29. The van der Waals surface area contributed by atoms with E-state index < -0.39 is 36.6 Å². The largest absolute Gasteiger partial charge is 0.446 e. The normalized spacial score (nSPS) is 16.1. The van der Waals surface area contributed by atoms with E-state index in [2.05, 4.69) is 26.1 Å². The van der Waals surface area contributed by atoms with Gasteiger partial charge in [-0.15, -0.1) is 0 Å². The minimum atomic E-state index is -1.55. The fraction of sp³-hybridized carbons (Fsp3) is 0.250. The van der Waals surface area contributed by atoms with Gasteiger partial charge < -0.3 is 24.7 Å². The molecular formula is C24H25FN6O6. The van der Waals surface area contributed by atoms with Crippen molar-refractivity contribution in [2.75, 3.05) is 29.9 Å². The van der Waals surface area contributed by atoms with E-state index in [0.29, 0.717) is 23.7 Å². The van der Waals surface area contributed by atoms with Crippen LogP contribution in [0.2, 0.25) is 0 Å². The summed E-state index contributed by atoms with van der Waals surface area (Å²) < 4.78 is 25.8. The van der Waals surface area contributed by atoms with Crippen molar-refractivity contribution in [2.24, 2.45) is 4.99 Å². The van der Waals surface area contributed by atoms with Crippen LogP contribution in [0.15, 0.2) is 58.1 Å². The van der Waals surface area contributed by atoms with Crippen LogP contribution in [0, 0.1) is 12.7 Å². The second-order valence-corrected chi connectivity index (χ2v) is 8.07. The van der Waals surface area contributed by atoms with Crippen LogP contribution < -0.4 is 21.1 Å². The standard InChI is InChI=1S/C24H25FN6O6/c1-14-2-7-22(36-14)27-10-17-11-31(24(35)37-17)16-4-5-18(19(25)8-16)15-3-6-21(26-9-15)28-13-29-30-23(34)20(33)12-32/h2-9,13,17,20,27,32-33H,10-12H2,1H3,(H,30,34)(H,26,28,29). The average molecular weight is 512 g/mol. The molecule has 1 saturated heterocycles. The first-order valence-corrected chi connectivity index (χ1v) is 11.3. The maximum Gasteiger partial charge on any atom is 0.414 e. The zero-order valence-corrected chi connectivity index (χ0v) is 19.7. The van der Waals surface area contributed by atoms with E-state index in [4.69, 9.17) is 19.4 Å². The Labute approximate surface area is 210 Å². The van der Waals surface area contributed by atoms with Crippen molar-refractivity contribution in [3.05, 3.63) is 60.2 Å². The summed E-state index contributed by atoms with van der Waals surface area (Å²) in [4.78, 5) is 33.1. The van der Waals surface area contributed by atoms with E-state index >= 15 is 0 Å². The van der Waals surface area contributed by atoms with Crippen LogP contribution in [-0.2, 0) is 9.53 Å². The number of hydrazine groups is 1. The van der Waals surface area contributed by atoms with Crippen molar-refractivity contribution in [1.82, 2.24) is 15.8 Å². The van der Waals surface area contributed by atoms with Crippen molar-refractivity contribution < 1.29 is 33.3 Å². The number of cyclic esters (lactones) is 1. The Morgan fingerprint density at radius 2 is 2.16 bits per heavy atom. The molecule has 0 aliphatic carbocycles. The molecule has 1 aliphatic rings. The number of benzene rings is 1. The van der Waals surface area contributed by atoms with Crippen LogP contribution in [0.4, 0.5) is 26.6 Å². The molecule has 0 spiro atoms. The van der Waals surface area contributed by atoms with Gasteiger partial charge in [-0.05, 0) is 43.3 Å². The maximum atomic E-state index is 15.0. The van der Waals surface area contributed by atoms with Gasteiger partial charge in [0, 0.05) is 23.4 Å². The Balaban J connectivity index is 1.34. The van der Waals surface area contributed by atoms with Crippen molar-refractivity contribution in [3.8, 4) is 11.1 Å². The number of amides is 2. The lowest BCUT2D eigenvalue weighted by molar-refractivity contribution is -0.131. The lowest BCUT2D eigenvalue weighted by Gasteiger charge is -2.14. The number of aliphatic hydroxyl groups excluding tert-OH is 2. The van der Waals surface area contributed by atoms with Gasteiger partial charge in [-0.3, -0.25) is 20.5 Å². The van der Waals surface area contributed by atoms with E-state index in [0.717, 1.165) is 12.1 Å². The van der Waals surface area contributed by atoms with E-state index in [9.17, 15) is 14.0 Å². The highest BCUT2D eigenvalue weighted by Gasteiger charge is 2.32. The number of aliphatic imine (C=N–C) groups is 1. The summed E-state index contributed by atoms with van der Waals surface area (Å²) >= 11 is 0. The highest BCUT2D eigenvalue weighted by atomic mass is 19.1. The molecule has 2 unspecified atom stereocenters. The fourth-order valence-electron chi connectivity index (χ4n) is 3.48. The van der Waals surface area contributed by atoms with Gasteiger partial charge in [0.2, 0.25) is 0 Å². The third kappa shape index (κ3) is 6.39. The monoisotopic (exact) mass is 512 g/mol. The first-order valence-electron chi connectivity index (χ1n) is 11.3. The Morgan fingerprint density at radius 1 is 1.32 bits per heavy atom. The Hall–Kier alpha value is -4.49. The summed E-state index contributed by atoms with van der Waals surface area (Å²) in [5, 5.41) is 20.9. The van der Waals surface area contributed by atoms with Crippen LogP contribution in [0.25, 0.3) is 11.1 Å². The van der Waals surface area contributed by atoms with E-state index in [1.807, 2.05) is 13.0 Å². The number of halogens is 1. The van der Waals surface area contributed by atoms with Crippen molar-refractivity contribution in [2.45, 2.75) is 19.1 Å². The molecule has 0 bridgehead atoms. The molecule has 12 nitrogen and oxygen atoms in total. The van der Waals surface area contributed by atoms with Gasteiger partial charge in [-0.25, -0.2) is 19.2 Å². The molecular weight excluding hydrogens is 487 g/mol. The third-order valence-electron chi connectivity index (χ3n) is 5.37. The second-order valence-electron chi connectivity index (χ2n) is 8.07. The Morgan fingerprint density at radius 3 is 2.84 bits per heavy atom. The first-order chi connectivity index (χ1) is 17.8. The van der Waals surface area contributed by atoms with Gasteiger partial charge in [-0.2, -0.15) is 0 Å². The number of rotatable bonds is 10. The van der Waals surface area contributed by atoms with Crippen LogP contribution in [0.5, 0.6) is 0 Å². The molecule has 1 aromatic carbocycles. The zero-order chi connectivity index (χ0) is 26.4. The second kappa shape index (κ2) is 11.5. The molecule has 2 amide bonds. The number of hydrogen-bond acceptors (Lipinski definition) is 9. The van der Waals surface area contributed by atoms with Gasteiger partial charge in [0.05, 0.1) is 25.4 Å². The van der Waals surface area contributed by atoms with E-state index in [1.54, 1.807) is 30.3 Å². The third-order valence-corrected chi connectivity index (χ3v) is 5.37. The van der Waals surface area contributed by atoms with Gasteiger partial charge in [0.15, 0.2) is 17.8 Å². The topological polar surface area (TPSA) is 162 Å². The highest BCUT2D eigenvalue weighted by molar-refractivity contribution is 5.90. The molecule has 37 heavy (non-hydrogen) atoms. The lowest BCUT2D eigenvalue weighted by atomic mass is 10.1. The molecule has 194 valence electrons. The lowest BCUT2D eigenvalue weighted by Crippen LogP contribution is -2.44. The molecule has 5 N–H and O–H groups in total. The number of aryl methyl sites for hydroxylation is 1. The SMILES string of the molecule is Cc1ccc(NCC2CN(c3ccc(-c4ccc(N=CNNC(=O)C(O)CO)nc4)c(F)c3)C(=O)O2)o1. The number of pyridine rings is 1. The summed E-state index contributed by atoms with van der Waals surface area (Å²) in [7, 11) is 0. The number of carbonyl (C=O) groups excluding carboxylic acids is 2. The molecule has 3 heterocycles. The molecule has 2 atom stereocenters. The minimum absolute atomic E-state index is 0.256.